The highest BCUT2D eigenvalue weighted by atomic mass is 16.6. The first-order valence-corrected chi connectivity index (χ1v) is 8.97. The average molecular weight is 403 g/mol. The summed E-state index contributed by atoms with van der Waals surface area (Å²) in [6.45, 7) is -0.432. The van der Waals surface area contributed by atoms with Crippen molar-refractivity contribution >= 4 is 17.6 Å². The molecule has 4 atom stereocenters. The fraction of sp³-hybridized carbons (Fsp3) is 0.350. The van der Waals surface area contributed by atoms with E-state index in [1.165, 1.54) is 22.8 Å². The lowest BCUT2D eigenvalue weighted by Gasteiger charge is -2.17. The molecule has 0 bridgehead atoms. The summed E-state index contributed by atoms with van der Waals surface area (Å²) >= 11 is 0. The summed E-state index contributed by atoms with van der Waals surface area (Å²) in [7, 11) is 2.89. The van der Waals surface area contributed by atoms with E-state index in [0.717, 1.165) is 0 Å². The van der Waals surface area contributed by atoms with Gasteiger partial charge in [0.2, 0.25) is 0 Å². The average Bonchev–Trinajstić information content (AvgIpc) is 3.06. The second-order valence-corrected chi connectivity index (χ2v) is 6.67. The number of aliphatic hydroxyl groups excluding tert-OH is 3. The minimum atomic E-state index is -1.24. The minimum Gasteiger partial charge on any atom is -0.465 e. The monoisotopic (exact) mass is 403 g/mol. The number of rotatable bonds is 5. The molecular formula is C20H23N2O7+. The first-order valence-electron chi connectivity index (χ1n) is 8.97. The van der Waals surface area contributed by atoms with E-state index < -0.39 is 37.1 Å². The normalized spacial score (nSPS) is 23.6. The molecule has 3 N–H and O–H groups in total. The Balaban J connectivity index is 1.79. The molecule has 0 spiro atoms. The van der Waals surface area contributed by atoms with E-state index in [1.54, 1.807) is 49.6 Å². The fourth-order valence-corrected chi connectivity index (χ4v) is 3.15. The van der Waals surface area contributed by atoms with Crippen molar-refractivity contribution < 1.29 is 38.9 Å². The van der Waals surface area contributed by atoms with E-state index in [9.17, 15) is 24.9 Å². The highest BCUT2D eigenvalue weighted by Gasteiger charge is 2.48. The Morgan fingerprint density at radius 3 is 2.41 bits per heavy atom. The van der Waals surface area contributed by atoms with Crippen LogP contribution in [0, 0.1) is 0 Å². The molecule has 9 nitrogen and oxygen atoms in total. The number of anilines is 1. The molecule has 2 aromatic rings. The van der Waals surface area contributed by atoms with Gasteiger partial charge >= 0.3 is 5.97 Å². The molecule has 0 aliphatic carbocycles. The maximum atomic E-state index is 12.9. The number of aromatic nitrogens is 1. The standard InChI is InChI=1S/C20H23N2O7/c1-21(14-7-5-12(6-8-14)20(27)28-2)18(26)13-4-3-9-22(10-13)19-17(25)16(24)15(11-23)29-19/h3-10,15-17,19,23-25H,11H2,1-2H3/q+1/t15-,16-,17-,19-/m1/s1. The van der Waals surface area contributed by atoms with Gasteiger partial charge in [0, 0.05) is 18.8 Å². The number of carbonyl (C=O) groups excluding carboxylic acids is 2. The van der Waals surface area contributed by atoms with Gasteiger partial charge in [0.05, 0.1) is 19.3 Å². The maximum Gasteiger partial charge on any atom is 0.337 e. The molecule has 1 aliphatic heterocycles. The van der Waals surface area contributed by atoms with Gasteiger partial charge in [-0.25, -0.2) is 4.79 Å². The van der Waals surface area contributed by atoms with E-state index in [1.807, 2.05) is 0 Å². The molecular weight excluding hydrogens is 380 g/mol. The van der Waals surface area contributed by atoms with Crippen LogP contribution in [0.5, 0.6) is 0 Å². The number of amides is 1. The molecule has 3 rings (SSSR count). The Kier molecular flexibility index (Phi) is 6.23. The number of esters is 1. The molecule has 29 heavy (non-hydrogen) atoms. The fourth-order valence-electron chi connectivity index (χ4n) is 3.15. The Morgan fingerprint density at radius 1 is 1.14 bits per heavy atom. The third kappa shape index (κ3) is 4.13. The highest BCUT2D eigenvalue weighted by Crippen LogP contribution is 2.25. The molecule has 1 amide bonds. The van der Waals surface area contributed by atoms with Crippen molar-refractivity contribution in [2.24, 2.45) is 0 Å². The number of methoxy groups -OCH3 is 1. The van der Waals surface area contributed by atoms with Crippen molar-refractivity contribution in [1.82, 2.24) is 0 Å². The molecule has 0 saturated carbocycles. The van der Waals surface area contributed by atoms with Crippen LogP contribution < -0.4 is 9.47 Å². The second kappa shape index (κ2) is 8.66. The highest BCUT2D eigenvalue weighted by molar-refractivity contribution is 6.05. The minimum absolute atomic E-state index is 0.322. The summed E-state index contributed by atoms with van der Waals surface area (Å²) in [5.41, 5.74) is 1.27. The number of nitrogens with zero attached hydrogens (tertiary/aromatic N) is 2. The quantitative estimate of drug-likeness (QED) is 0.461. The first-order chi connectivity index (χ1) is 13.9. The number of benzene rings is 1. The van der Waals surface area contributed by atoms with Gasteiger partial charge in [-0.3, -0.25) is 4.79 Å². The predicted octanol–water partition coefficient (Wildman–Crippen LogP) is -0.351. The van der Waals surface area contributed by atoms with Crippen molar-refractivity contribution in [3.8, 4) is 0 Å². The molecule has 1 aliphatic rings. The number of aliphatic hydroxyl groups is 3. The number of hydrogen-bond acceptors (Lipinski definition) is 7. The van der Waals surface area contributed by atoms with E-state index in [0.29, 0.717) is 16.8 Å². The van der Waals surface area contributed by atoms with Crippen LogP contribution in [0.2, 0.25) is 0 Å². The number of pyridine rings is 1. The molecule has 154 valence electrons. The number of carbonyl (C=O) groups is 2. The van der Waals surface area contributed by atoms with E-state index in [-0.39, 0.29) is 5.91 Å². The molecule has 0 radical (unpaired) electrons. The van der Waals surface area contributed by atoms with Crippen molar-refractivity contribution in [2.75, 3.05) is 25.7 Å². The summed E-state index contributed by atoms with van der Waals surface area (Å²) in [4.78, 5) is 25.8. The van der Waals surface area contributed by atoms with Crippen molar-refractivity contribution in [3.63, 3.8) is 0 Å². The van der Waals surface area contributed by atoms with E-state index >= 15 is 0 Å². The summed E-state index contributed by atoms with van der Waals surface area (Å²) in [5.74, 6) is -0.787. The van der Waals surface area contributed by atoms with Gasteiger partial charge in [0.1, 0.15) is 17.8 Å². The smallest absolute Gasteiger partial charge is 0.337 e. The zero-order valence-corrected chi connectivity index (χ0v) is 16.0. The van der Waals surface area contributed by atoms with Crippen LogP contribution in [0.15, 0.2) is 48.8 Å². The first kappa shape index (κ1) is 20.9. The van der Waals surface area contributed by atoms with Gasteiger partial charge in [0.25, 0.3) is 12.1 Å². The molecule has 1 saturated heterocycles. The molecule has 1 fully saturated rings. The van der Waals surface area contributed by atoms with Crippen molar-refractivity contribution in [1.29, 1.82) is 0 Å². The van der Waals surface area contributed by atoms with Gasteiger partial charge in [-0.05, 0) is 30.3 Å². The van der Waals surface area contributed by atoms with Crippen LogP contribution in [-0.4, -0.2) is 66.3 Å². The Bertz CT molecular complexity index is 887. The zero-order valence-electron chi connectivity index (χ0n) is 16.0. The van der Waals surface area contributed by atoms with Gasteiger partial charge in [-0.15, -0.1) is 0 Å². The van der Waals surface area contributed by atoms with Gasteiger partial charge in [0.15, 0.2) is 18.5 Å². The summed E-state index contributed by atoms with van der Waals surface area (Å²) in [5, 5.41) is 29.3. The van der Waals surface area contributed by atoms with E-state index in [4.69, 9.17) is 4.74 Å². The second-order valence-electron chi connectivity index (χ2n) is 6.67. The van der Waals surface area contributed by atoms with Crippen LogP contribution in [0.25, 0.3) is 0 Å². The molecule has 1 aromatic carbocycles. The topological polar surface area (TPSA) is 120 Å². The Labute approximate surface area is 167 Å². The van der Waals surface area contributed by atoms with Crippen LogP contribution in [0.3, 0.4) is 0 Å². The van der Waals surface area contributed by atoms with Gasteiger partial charge < -0.3 is 29.7 Å². The molecule has 9 heteroatoms. The van der Waals surface area contributed by atoms with Crippen molar-refractivity contribution in [3.05, 3.63) is 59.9 Å². The molecule has 1 aromatic heterocycles. The summed E-state index contributed by atoms with van der Waals surface area (Å²) in [6, 6.07) is 9.63. The zero-order chi connectivity index (χ0) is 21.1. The van der Waals surface area contributed by atoms with Crippen LogP contribution in [-0.2, 0) is 9.47 Å². The largest absolute Gasteiger partial charge is 0.465 e. The number of hydrogen-bond donors (Lipinski definition) is 3. The summed E-state index contributed by atoms with van der Waals surface area (Å²) < 4.78 is 11.6. The predicted molar refractivity (Wildman–Crippen MR) is 100 cm³/mol. The van der Waals surface area contributed by atoms with E-state index in [2.05, 4.69) is 4.74 Å². The lowest BCUT2D eigenvalue weighted by molar-refractivity contribution is -0.765. The molecule has 0 unspecified atom stereocenters. The van der Waals surface area contributed by atoms with Gasteiger partial charge in [-0.1, -0.05) is 0 Å². The maximum absolute atomic E-state index is 12.9. The number of ether oxygens (including phenoxy) is 2. The third-order valence-corrected chi connectivity index (χ3v) is 4.86. The van der Waals surface area contributed by atoms with Crippen LogP contribution in [0.4, 0.5) is 5.69 Å². The van der Waals surface area contributed by atoms with Crippen LogP contribution in [0.1, 0.15) is 26.9 Å². The Morgan fingerprint density at radius 2 is 1.83 bits per heavy atom. The van der Waals surface area contributed by atoms with Crippen LogP contribution >= 0.6 is 0 Å². The lowest BCUT2D eigenvalue weighted by Crippen LogP contribution is -2.46. The third-order valence-electron chi connectivity index (χ3n) is 4.86. The van der Waals surface area contributed by atoms with Gasteiger partial charge in [-0.2, -0.15) is 4.57 Å². The Hall–Kier alpha value is -2.85. The lowest BCUT2D eigenvalue weighted by atomic mass is 10.1. The molecule has 2 heterocycles. The van der Waals surface area contributed by atoms with Crippen molar-refractivity contribution in [2.45, 2.75) is 24.5 Å². The summed E-state index contributed by atoms with van der Waals surface area (Å²) in [6.07, 6.45) is -1.21. The SMILES string of the molecule is COC(=O)c1ccc(N(C)C(=O)c2ccc[n+]([C@@H]3O[C@H](CO)[C@@H](O)[C@H]3O)c2)cc1.